The largest absolute Gasteiger partial charge is 0.298 e. The van der Waals surface area contributed by atoms with Gasteiger partial charge in [0.1, 0.15) is 6.29 Å². The van der Waals surface area contributed by atoms with Gasteiger partial charge in [-0.25, -0.2) is 0 Å². The number of carbonyl (C=O) groups excluding carboxylic acids is 1. The molecule has 0 bridgehead atoms. The second-order valence-corrected chi connectivity index (χ2v) is 6.51. The highest BCUT2D eigenvalue weighted by Crippen LogP contribution is 2.34. The van der Waals surface area contributed by atoms with Crippen molar-refractivity contribution in [2.45, 2.75) is 51.4 Å². The summed E-state index contributed by atoms with van der Waals surface area (Å²) in [4.78, 5) is 11.0. The monoisotopic (exact) mass is 292 g/mol. The number of aryl methyl sites for hydroxylation is 1. The lowest BCUT2D eigenvalue weighted by atomic mass is 9.88. The number of hydrogen-bond donors (Lipinski definition) is 0. The molecule has 1 aliphatic rings. The summed E-state index contributed by atoms with van der Waals surface area (Å²) in [7, 11) is 0. The molecule has 3 rings (SSSR count). The van der Waals surface area contributed by atoms with Crippen molar-refractivity contribution in [3.63, 3.8) is 0 Å². The highest BCUT2D eigenvalue weighted by atomic mass is 16.1. The molecular formula is C21H24O. The van der Waals surface area contributed by atoms with Crippen molar-refractivity contribution in [2.24, 2.45) is 0 Å². The van der Waals surface area contributed by atoms with E-state index in [0.29, 0.717) is 0 Å². The summed E-state index contributed by atoms with van der Waals surface area (Å²) in [5, 5.41) is 0. The Labute approximate surface area is 133 Å². The molecular weight excluding hydrogens is 268 g/mol. The molecule has 0 radical (unpaired) electrons. The molecule has 0 heterocycles. The van der Waals surface area contributed by atoms with Gasteiger partial charge in [0.2, 0.25) is 0 Å². The Hall–Kier alpha value is -1.89. The zero-order valence-electron chi connectivity index (χ0n) is 13.3. The molecule has 2 aromatic carbocycles. The summed E-state index contributed by atoms with van der Waals surface area (Å²) in [5.74, 6) is 0.733. The van der Waals surface area contributed by atoms with Crippen LogP contribution < -0.4 is 0 Å². The molecule has 0 saturated heterocycles. The highest BCUT2D eigenvalue weighted by Gasteiger charge is 2.15. The average Bonchev–Trinajstić information content (AvgIpc) is 2.84. The number of hydrogen-bond acceptors (Lipinski definition) is 1. The maximum atomic E-state index is 11.0. The molecule has 1 heteroatoms. The van der Waals surface area contributed by atoms with Crippen molar-refractivity contribution in [2.75, 3.05) is 0 Å². The van der Waals surface area contributed by atoms with E-state index in [0.717, 1.165) is 23.3 Å². The van der Waals surface area contributed by atoms with Crippen molar-refractivity contribution in [3.05, 3.63) is 59.2 Å². The molecule has 1 nitrogen and oxygen atoms in total. The molecule has 22 heavy (non-hydrogen) atoms. The maximum Gasteiger partial charge on any atom is 0.150 e. The third kappa shape index (κ3) is 3.30. The Kier molecular flexibility index (Phi) is 4.72. The summed E-state index contributed by atoms with van der Waals surface area (Å²) >= 11 is 0. The Morgan fingerprint density at radius 3 is 2.41 bits per heavy atom. The van der Waals surface area contributed by atoms with E-state index in [-0.39, 0.29) is 0 Å². The minimum atomic E-state index is 0.733. The molecule has 0 amide bonds. The van der Waals surface area contributed by atoms with Gasteiger partial charge in [-0.15, -0.1) is 0 Å². The van der Waals surface area contributed by atoms with E-state index in [1.54, 1.807) is 0 Å². The summed E-state index contributed by atoms with van der Waals surface area (Å²) in [6, 6.07) is 14.8. The van der Waals surface area contributed by atoms with E-state index < -0.39 is 0 Å². The molecule has 114 valence electrons. The lowest BCUT2D eigenvalue weighted by molar-refractivity contribution is 0.112. The quantitative estimate of drug-likeness (QED) is 0.507. The number of rotatable bonds is 3. The van der Waals surface area contributed by atoms with E-state index >= 15 is 0 Å². The van der Waals surface area contributed by atoms with Gasteiger partial charge in [0, 0.05) is 5.56 Å². The molecule has 0 atom stereocenters. The van der Waals surface area contributed by atoms with Crippen molar-refractivity contribution < 1.29 is 4.79 Å². The van der Waals surface area contributed by atoms with Crippen LogP contribution in [0.4, 0.5) is 0 Å². The number of benzene rings is 2. The van der Waals surface area contributed by atoms with Gasteiger partial charge >= 0.3 is 0 Å². The minimum absolute atomic E-state index is 0.733. The standard InChI is InChI=1S/C21H24O/c1-16-13-19(18-8-4-2-3-5-9-18)11-12-21(16)20-10-6-7-17(14-20)15-22/h6-7,10-15,18H,2-5,8-9H2,1H3. The van der Waals surface area contributed by atoms with Crippen molar-refractivity contribution >= 4 is 6.29 Å². The predicted octanol–water partition coefficient (Wildman–Crippen LogP) is 5.91. The van der Waals surface area contributed by atoms with Gasteiger partial charge in [0.05, 0.1) is 0 Å². The van der Waals surface area contributed by atoms with Crippen LogP contribution in [0.25, 0.3) is 11.1 Å². The lowest BCUT2D eigenvalue weighted by Crippen LogP contribution is -1.98. The van der Waals surface area contributed by atoms with E-state index in [1.165, 1.54) is 55.2 Å². The third-order valence-electron chi connectivity index (χ3n) is 4.91. The van der Waals surface area contributed by atoms with Crippen molar-refractivity contribution in [1.82, 2.24) is 0 Å². The van der Waals surface area contributed by atoms with Crippen LogP contribution in [0, 0.1) is 6.92 Å². The van der Waals surface area contributed by atoms with Crippen LogP contribution in [0.1, 0.15) is 65.9 Å². The number of carbonyl (C=O) groups is 1. The Bertz CT molecular complexity index is 649. The molecule has 0 unspecified atom stereocenters. The fourth-order valence-electron chi connectivity index (χ4n) is 3.66. The van der Waals surface area contributed by atoms with Crippen LogP contribution in [0.5, 0.6) is 0 Å². The van der Waals surface area contributed by atoms with Crippen LogP contribution in [-0.4, -0.2) is 6.29 Å². The lowest BCUT2D eigenvalue weighted by Gasteiger charge is -2.17. The first-order chi connectivity index (χ1) is 10.8. The van der Waals surface area contributed by atoms with Gasteiger partial charge in [0.15, 0.2) is 0 Å². The first kappa shape index (κ1) is 15.0. The summed E-state index contributed by atoms with van der Waals surface area (Å²) in [6.07, 6.45) is 9.11. The SMILES string of the molecule is Cc1cc(C2CCCCCC2)ccc1-c1cccc(C=O)c1. The van der Waals surface area contributed by atoms with E-state index in [9.17, 15) is 4.79 Å². The Morgan fingerprint density at radius 1 is 0.955 bits per heavy atom. The summed E-state index contributed by atoms with van der Waals surface area (Å²) < 4.78 is 0. The normalized spacial score (nSPS) is 16.2. The van der Waals surface area contributed by atoms with Crippen molar-refractivity contribution in [3.8, 4) is 11.1 Å². The van der Waals surface area contributed by atoms with Crippen LogP contribution in [-0.2, 0) is 0 Å². The molecule has 0 aliphatic heterocycles. The van der Waals surface area contributed by atoms with Gasteiger partial charge in [-0.05, 0) is 54.0 Å². The third-order valence-corrected chi connectivity index (χ3v) is 4.91. The zero-order valence-corrected chi connectivity index (χ0v) is 13.3. The van der Waals surface area contributed by atoms with E-state index in [4.69, 9.17) is 0 Å². The summed E-state index contributed by atoms with van der Waals surface area (Å²) in [6.45, 7) is 2.18. The smallest absolute Gasteiger partial charge is 0.150 e. The van der Waals surface area contributed by atoms with Gasteiger partial charge in [0.25, 0.3) is 0 Å². The molecule has 2 aromatic rings. The zero-order chi connectivity index (χ0) is 15.4. The fraction of sp³-hybridized carbons (Fsp3) is 0.381. The highest BCUT2D eigenvalue weighted by molar-refractivity contribution is 5.79. The summed E-state index contributed by atoms with van der Waals surface area (Å²) in [5.41, 5.74) is 5.92. The Balaban J connectivity index is 1.89. The first-order valence-corrected chi connectivity index (χ1v) is 8.44. The molecule has 1 fully saturated rings. The van der Waals surface area contributed by atoms with Crippen molar-refractivity contribution in [1.29, 1.82) is 0 Å². The first-order valence-electron chi connectivity index (χ1n) is 8.44. The average molecular weight is 292 g/mol. The topological polar surface area (TPSA) is 17.1 Å². The minimum Gasteiger partial charge on any atom is -0.298 e. The predicted molar refractivity (Wildman–Crippen MR) is 92.4 cm³/mol. The van der Waals surface area contributed by atoms with Gasteiger partial charge < -0.3 is 0 Å². The van der Waals surface area contributed by atoms with E-state index in [2.05, 4.69) is 31.2 Å². The second kappa shape index (κ2) is 6.91. The molecule has 0 aromatic heterocycles. The van der Waals surface area contributed by atoms with Gasteiger partial charge in [-0.2, -0.15) is 0 Å². The molecule has 0 N–H and O–H groups in total. The fourth-order valence-corrected chi connectivity index (χ4v) is 3.66. The Morgan fingerprint density at radius 2 is 1.73 bits per heavy atom. The van der Waals surface area contributed by atoms with Crippen LogP contribution >= 0.6 is 0 Å². The molecule has 1 aliphatic carbocycles. The number of aldehydes is 1. The maximum absolute atomic E-state index is 11.0. The van der Waals surface area contributed by atoms with E-state index in [1.807, 2.05) is 18.2 Å². The van der Waals surface area contributed by atoms with Crippen LogP contribution in [0.3, 0.4) is 0 Å². The van der Waals surface area contributed by atoms with Crippen LogP contribution in [0.15, 0.2) is 42.5 Å². The van der Waals surface area contributed by atoms with Gasteiger partial charge in [-0.3, -0.25) is 4.79 Å². The molecule has 0 spiro atoms. The van der Waals surface area contributed by atoms with Crippen LogP contribution in [0.2, 0.25) is 0 Å². The molecule has 1 saturated carbocycles. The second-order valence-electron chi connectivity index (χ2n) is 6.51. The van der Waals surface area contributed by atoms with Gasteiger partial charge in [-0.1, -0.05) is 62.1 Å².